The SMILES string of the molecule is CC(C)CCCOCC(O)CNC(C)C(=O)NC1CC1. The quantitative estimate of drug-likeness (QED) is 0.497. The van der Waals surface area contributed by atoms with Gasteiger partial charge in [-0.25, -0.2) is 0 Å². The summed E-state index contributed by atoms with van der Waals surface area (Å²) in [5.41, 5.74) is 0. The Bertz CT molecular complexity index is 280. The van der Waals surface area contributed by atoms with Gasteiger partial charge in [0.2, 0.25) is 5.91 Å². The molecule has 0 spiro atoms. The van der Waals surface area contributed by atoms with Gasteiger partial charge in [-0.05, 0) is 38.5 Å². The summed E-state index contributed by atoms with van der Waals surface area (Å²) in [5, 5.41) is 15.7. The summed E-state index contributed by atoms with van der Waals surface area (Å²) in [6, 6.07) is 0.104. The standard InChI is InChI=1S/C15H30N2O3/c1-11(2)5-4-8-20-10-14(18)9-16-12(3)15(19)17-13-6-7-13/h11-14,16,18H,4-10H2,1-3H3,(H,17,19). The third-order valence-corrected chi connectivity index (χ3v) is 3.36. The van der Waals surface area contributed by atoms with Crippen molar-refractivity contribution < 1.29 is 14.6 Å². The fourth-order valence-electron chi connectivity index (χ4n) is 1.83. The van der Waals surface area contributed by atoms with Crippen molar-refractivity contribution in [1.29, 1.82) is 0 Å². The van der Waals surface area contributed by atoms with E-state index in [1.165, 1.54) is 0 Å². The van der Waals surface area contributed by atoms with Gasteiger partial charge in [0.1, 0.15) is 0 Å². The maximum atomic E-state index is 11.7. The summed E-state index contributed by atoms with van der Waals surface area (Å²) in [4.78, 5) is 11.7. The van der Waals surface area contributed by atoms with Gasteiger partial charge in [0, 0.05) is 19.2 Å². The van der Waals surface area contributed by atoms with Gasteiger partial charge < -0.3 is 20.5 Å². The largest absolute Gasteiger partial charge is 0.389 e. The number of rotatable bonds is 11. The Labute approximate surface area is 122 Å². The Morgan fingerprint density at radius 3 is 2.65 bits per heavy atom. The van der Waals surface area contributed by atoms with Crippen LogP contribution in [0.1, 0.15) is 46.5 Å². The molecule has 1 rings (SSSR count). The zero-order valence-corrected chi connectivity index (χ0v) is 13.0. The number of carbonyl (C=O) groups is 1. The van der Waals surface area contributed by atoms with E-state index in [1.54, 1.807) is 0 Å². The molecule has 0 aliphatic heterocycles. The monoisotopic (exact) mass is 286 g/mol. The minimum absolute atomic E-state index is 0.0116. The molecule has 1 saturated carbocycles. The van der Waals surface area contributed by atoms with Crippen molar-refractivity contribution in [3.8, 4) is 0 Å². The number of amides is 1. The second kappa shape index (κ2) is 9.32. The molecule has 0 radical (unpaired) electrons. The first-order valence-corrected chi connectivity index (χ1v) is 7.78. The molecule has 1 aliphatic carbocycles. The summed E-state index contributed by atoms with van der Waals surface area (Å²) in [6.07, 6.45) is 3.78. The lowest BCUT2D eigenvalue weighted by molar-refractivity contribution is -0.123. The van der Waals surface area contributed by atoms with E-state index in [-0.39, 0.29) is 11.9 Å². The molecule has 3 N–H and O–H groups in total. The van der Waals surface area contributed by atoms with Crippen LogP contribution in [0.25, 0.3) is 0 Å². The van der Waals surface area contributed by atoms with Crippen LogP contribution in [0.4, 0.5) is 0 Å². The molecule has 1 fully saturated rings. The smallest absolute Gasteiger partial charge is 0.237 e. The Balaban J connectivity index is 1.97. The molecule has 5 nitrogen and oxygen atoms in total. The summed E-state index contributed by atoms with van der Waals surface area (Å²) in [6.45, 7) is 7.58. The molecule has 1 amide bonds. The number of nitrogens with one attached hydrogen (secondary N) is 2. The van der Waals surface area contributed by atoms with Gasteiger partial charge in [0.15, 0.2) is 0 Å². The van der Waals surface area contributed by atoms with E-state index in [0.29, 0.717) is 31.7 Å². The fourth-order valence-corrected chi connectivity index (χ4v) is 1.83. The zero-order chi connectivity index (χ0) is 15.0. The van der Waals surface area contributed by atoms with Crippen molar-refractivity contribution in [2.24, 2.45) is 5.92 Å². The lowest BCUT2D eigenvalue weighted by Crippen LogP contribution is -2.46. The average molecular weight is 286 g/mol. The number of aliphatic hydroxyl groups is 1. The van der Waals surface area contributed by atoms with Crippen molar-refractivity contribution in [3.63, 3.8) is 0 Å². The van der Waals surface area contributed by atoms with Gasteiger partial charge in [0.05, 0.1) is 18.8 Å². The molecule has 118 valence electrons. The molecule has 2 unspecified atom stereocenters. The first-order chi connectivity index (χ1) is 9.49. The maximum Gasteiger partial charge on any atom is 0.237 e. The number of hydrogen-bond donors (Lipinski definition) is 3. The normalized spacial score (nSPS) is 18.1. The van der Waals surface area contributed by atoms with E-state index < -0.39 is 6.10 Å². The van der Waals surface area contributed by atoms with Crippen molar-refractivity contribution in [1.82, 2.24) is 10.6 Å². The highest BCUT2D eigenvalue weighted by Crippen LogP contribution is 2.18. The van der Waals surface area contributed by atoms with E-state index in [2.05, 4.69) is 24.5 Å². The number of aliphatic hydroxyl groups excluding tert-OH is 1. The molecule has 0 bridgehead atoms. The van der Waals surface area contributed by atoms with Crippen LogP contribution in [0.3, 0.4) is 0 Å². The van der Waals surface area contributed by atoms with Crippen molar-refractivity contribution in [2.45, 2.75) is 64.6 Å². The number of ether oxygens (including phenoxy) is 1. The highest BCUT2D eigenvalue weighted by Gasteiger charge is 2.25. The number of hydrogen-bond acceptors (Lipinski definition) is 4. The molecule has 0 aromatic rings. The second-order valence-electron chi connectivity index (χ2n) is 6.18. The van der Waals surface area contributed by atoms with Gasteiger partial charge >= 0.3 is 0 Å². The molecule has 2 atom stereocenters. The molecule has 20 heavy (non-hydrogen) atoms. The first-order valence-electron chi connectivity index (χ1n) is 7.78. The van der Waals surface area contributed by atoms with E-state index in [9.17, 15) is 9.90 Å². The van der Waals surface area contributed by atoms with E-state index in [1.807, 2.05) is 6.92 Å². The summed E-state index contributed by atoms with van der Waals surface area (Å²) in [7, 11) is 0. The van der Waals surface area contributed by atoms with Crippen molar-refractivity contribution in [2.75, 3.05) is 19.8 Å². The van der Waals surface area contributed by atoms with Gasteiger partial charge in [0.25, 0.3) is 0 Å². The maximum absolute atomic E-state index is 11.7. The van der Waals surface area contributed by atoms with Gasteiger partial charge in [-0.1, -0.05) is 13.8 Å². The molecule has 1 aliphatic rings. The Morgan fingerprint density at radius 1 is 1.35 bits per heavy atom. The highest BCUT2D eigenvalue weighted by atomic mass is 16.5. The second-order valence-corrected chi connectivity index (χ2v) is 6.18. The molecule has 0 aromatic heterocycles. The summed E-state index contributed by atoms with van der Waals surface area (Å²) in [5.74, 6) is 0.702. The highest BCUT2D eigenvalue weighted by molar-refractivity contribution is 5.81. The predicted octanol–water partition coefficient (Wildman–Crippen LogP) is 1.06. The van der Waals surface area contributed by atoms with Crippen LogP contribution >= 0.6 is 0 Å². The average Bonchev–Trinajstić information content (AvgIpc) is 3.18. The predicted molar refractivity (Wildman–Crippen MR) is 79.5 cm³/mol. The summed E-state index contributed by atoms with van der Waals surface area (Å²) < 4.78 is 5.42. The Kier molecular flexibility index (Phi) is 8.11. The zero-order valence-electron chi connectivity index (χ0n) is 13.0. The topological polar surface area (TPSA) is 70.6 Å². The lowest BCUT2D eigenvalue weighted by Gasteiger charge is -2.17. The van der Waals surface area contributed by atoms with Crippen LogP contribution in [0.15, 0.2) is 0 Å². The van der Waals surface area contributed by atoms with Crippen LogP contribution in [-0.2, 0) is 9.53 Å². The number of carbonyl (C=O) groups excluding carboxylic acids is 1. The van der Waals surface area contributed by atoms with E-state index >= 15 is 0 Å². The Hall–Kier alpha value is -0.650. The first kappa shape index (κ1) is 17.4. The molecule has 0 aromatic carbocycles. The van der Waals surface area contributed by atoms with Gasteiger partial charge in [-0.3, -0.25) is 4.79 Å². The molecular formula is C15H30N2O3. The van der Waals surface area contributed by atoms with Gasteiger partial charge in [-0.2, -0.15) is 0 Å². The minimum Gasteiger partial charge on any atom is -0.389 e. The van der Waals surface area contributed by atoms with Crippen LogP contribution in [0, 0.1) is 5.92 Å². The minimum atomic E-state index is -0.565. The summed E-state index contributed by atoms with van der Waals surface area (Å²) >= 11 is 0. The lowest BCUT2D eigenvalue weighted by atomic mass is 10.1. The van der Waals surface area contributed by atoms with Crippen LogP contribution in [0.2, 0.25) is 0 Å². The van der Waals surface area contributed by atoms with E-state index in [4.69, 9.17) is 4.74 Å². The molecule has 0 saturated heterocycles. The van der Waals surface area contributed by atoms with Gasteiger partial charge in [-0.15, -0.1) is 0 Å². The third-order valence-electron chi connectivity index (χ3n) is 3.36. The van der Waals surface area contributed by atoms with Crippen LogP contribution < -0.4 is 10.6 Å². The fraction of sp³-hybridized carbons (Fsp3) is 0.933. The molecule has 5 heteroatoms. The van der Waals surface area contributed by atoms with E-state index in [0.717, 1.165) is 25.7 Å². The molecule has 0 heterocycles. The van der Waals surface area contributed by atoms with Crippen molar-refractivity contribution >= 4 is 5.91 Å². The molecular weight excluding hydrogens is 256 g/mol. The van der Waals surface area contributed by atoms with Crippen LogP contribution in [-0.4, -0.2) is 49.0 Å². The van der Waals surface area contributed by atoms with Crippen molar-refractivity contribution in [3.05, 3.63) is 0 Å². The third kappa shape index (κ3) is 8.51. The Morgan fingerprint density at radius 2 is 2.05 bits per heavy atom. The van der Waals surface area contributed by atoms with Crippen LogP contribution in [0.5, 0.6) is 0 Å².